The first-order valence-electron chi connectivity index (χ1n) is 9.56. The third-order valence-electron chi connectivity index (χ3n) is 4.88. The molecule has 1 fully saturated rings. The number of ether oxygens (including phenoxy) is 1. The number of amides is 1. The van der Waals surface area contributed by atoms with E-state index in [1.165, 1.54) is 0 Å². The van der Waals surface area contributed by atoms with Crippen molar-refractivity contribution in [2.45, 2.75) is 32.9 Å². The maximum atomic E-state index is 12.2. The smallest absolute Gasteiger partial charge is 0.415 e. The van der Waals surface area contributed by atoms with E-state index in [1.807, 2.05) is 43.5 Å². The van der Waals surface area contributed by atoms with E-state index in [-0.39, 0.29) is 24.1 Å². The molecule has 1 aliphatic heterocycles. The van der Waals surface area contributed by atoms with Crippen LogP contribution in [-0.4, -0.2) is 43.7 Å². The molecule has 1 N–H and O–H groups in total. The number of carbonyl (C=O) groups excluding carboxylic acids is 1. The number of anilines is 2. The summed E-state index contributed by atoms with van der Waals surface area (Å²) in [6.07, 6.45) is 3.11. The van der Waals surface area contributed by atoms with Gasteiger partial charge in [0.05, 0.1) is 24.0 Å². The zero-order chi connectivity index (χ0) is 20.4. The average molecular weight is 393 g/mol. The fraction of sp³-hybridized carbons (Fsp3) is 0.350. The molecule has 0 spiro atoms. The number of aromatic nitrogens is 5. The molecule has 9 heteroatoms. The largest absolute Gasteiger partial charge is 0.447 e. The predicted molar refractivity (Wildman–Crippen MR) is 108 cm³/mol. The molecule has 3 aromatic rings. The van der Waals surface area contributed by atoms with E-state index in [4.69, 9.17) is 4.74 Å². The van der Waals surface area contributed by atoms with Gasteiger partial charge in [-0.25, -0.2) is 14.5 Å². The number of nitrogens with one attached hydrogen (secondary N) is 1. The molecule has 0 radical (unpaired) electrons. The van der Waals surface area contributed by atoms with Crippen LogP contribution < -0.4 is 10.2 Å². The molecule has 2 atom stereocenters. The number of rotatable bonds is 6. The van der Waals surface area contributed by atoms with Gasteiger partial charge in [0.25, 0.3) is 0 Å². The van der Waals surface area contributed by atoms with Crippen LogP contribution in [0.5, 0.6) is 0 Å². The maximum absolute atomic E-state index is 12.2. The van der Waals surface area contributed by atoms with Gasteiger partial charge in [0.15, 0.2) is 0 Å². The van der Waals surface area contributed by atoms with Crippen LogP contribution in [0, 0.1) is 5.92 Å². The minimum absolute atomic E-state index is 0.0477. The van der Waals surface area contributed by atoms with Crippen molar-refractivity contribution in [3.63, 3.8) is 0 Å². The summed E-state index contributed by atoms with van der Waals surface area (Å²) in [5, 5.41) is 11.7. The third kappa shape index (κ3) is 3.89. The Morgan fingerprint density at radius 3 is 2.72 bits per heavy atom. The van der Waals surface area contributed by atoms with E-state index >= 15 is 0 Å². The van der Waals surface area contributed by atoms with Crippen LogP contribution in [0.3, 0.4) is 0 Å². The molecule has 0 saturated carbocycles. The molecule has 1 saturated heterocycles. The lowest BCUT2D eigenvalue weighted by atomic mass is 10.0. The van der Waals surface area contributed by atoms with Crippen LogP contribution in [-0.2, 0) is 4.74 Å². The van der Waals surface area contributed by atoms with Crippen LogP contribution in [0.25, 0.3) is 5.69 Å². The fourth-order valence-electron chi connectivity index (χ4n) is 3.19. The van der Waals surface area contributed by atoms with Crippen LogP contribution in [0.2, 0.25) is 0 Å². The minimum Gasteiger partial charge on any atom is -0.447 e. The zero-order valence-electron chi connectivity index (χ0n) is 16.6. The first-order valence-corrected chi connectivity index (χ1v) is 9.56. The van der Waals surface area contributed by atoms with Crippen LogP contribution in [0.4, 0.5) is 16.6 Å². The maximum Gasteiger partial charge on any atom is 0.415 e. The van der Waals surface area contributed by atoms with Crippen molar-refractivity contribution in [2.75, 3.05) is 16.8 Å². The Hall–Kier alpha value is -3.49. The van der Waals surface area contributed by atoms with Gasteiger partial charge in [-0.3, -0.25) is 4.90 Å². The molecule has 0 aliphatic carbocycles. The van der Waals surface area contributed by atoms with Crippen molar-refractivity contribution in [1.82, 2.24) is 25.0 Å². The van der Waals surface area contributed by atoms with Gasteiger partial charge in [0.2, 0.25) is 5.95 Å². The molecule has 2 aromatic heterocycles. The van der Waals surface area contributed by atoms with E-state index < -0.39 is 0 Å². The predicted octanol–water partition coefficient (Wildman–Crippen LogP) is 3.21. The summed E-state index contributed by atoms with van der Waals surface area (Å²) in [5.74, 6) is 1.18. The SMILES string of the molecule is CC(C)C1COC(=O)N1c1ccnc(N[C@H](C)c2cn(-c3ccccc3)nn2)n1. The van der Waals surface area contributed by atoms with Gasteiger partial charge in [-0.15, -0.1) is 5.10 Å². The number of para-hydroxylation sites is 1. The van der Waals surface area contributed by atoms with Crippen molar-refractivity contribution < 1.29 is 9.53 Å². The zero-order valence-corrected chi connectivity index (χ0v) is 16.6. The minimum atomic E-state index is -0.382. The van der Waals surface area contributed by atoms with Crippen LogP contribution >= 0.6 is 0 Å². The highest BCUT2D eigenvalue weighted by Crippen LogP contribution is 2.26. The Morgan fingerprint density at radius 2 is 1.97 bits per heavy atom. The first kappa shape index (κ1) is 18.9. The van der Waals surface area contributed by atoms with Crippen LogP contribution in [0.15, 0.2) is 48.8 Å². The van der Waals surface area contributed by atoms with Gasteiger partial charge in [0.1, 0.15) is 18.1 Å². The lowest BCUT2D eigenvalue weighted by Crippen LogP contribution is -2.37. The molecule has 1 aliphatic rings. The number of hydrogen-bond acceptors (Lipinski definition) is 7. The summed E-state index contributed by atoms with van der Waals surface area (Å²) in [6, 6.07) is 11.3. The quantitative estimate of drug-likeness (QED) is 0.686. The van der Waals surface area contributed by atoms with Gasteiger partial charge < -0.3 is 10.1 Å². The second kappa shape index (κ2) is 7.86. The topological polar surface area (TPSA) is 98.1 Å². The van der Waals surface area contributed by atoms with Gasteiger partial charge in [-0.2, -0.15) is 4.98 Å². The summed E-state index contributed by atoms with van der Waals surface area (Å²) in [4.78, 5) is 22.6. The Morgan fingerprint density at radius 1 is 1.17 bits per heavy atom. The number of benzene rings is 1. The number of cyclic esters (lactones) is 1. The van der Waals surface area contributed by atoms with Crippen LogP contribution in [0.1, 0.15) is 32.5 Å². The molecular formula is C20H23N7O2. The highest BCUT2D eigenvalue weighted by atomic mass is 16.6. The van der Waals surface area contributed by atoms with Crippen molar-refractivity contribution in [3.05, 3.63) is 54.5 Å². The summed E-state index contributed by atoms with van der Waals surface area (Å²) >= 11 is 0. The Balaban J connectivity index is 1.51. The molecule has 0 bridgehead atoms. The highest BCUT2D eigenvalue weighted by molar-refractivity contribution is 5.89. The average Bonchev–Trinajstić information content (AvgIpc) is 3.36. The Labute approximate surface area is 168 Å². The standard InChI is InChI=1S/C20H23N7O2/c1-13(2)17-12-29-20(28)27(17)18-9-10-21-19(23-18)22-14(3)16-11-26(25-24-16)15-7-5-4-6-8-15/h4-11,13-14,17H,12H2,1-3H3,(H,21,22,23)/t14-,17?/m1/s1. The molecule has 29 heavy (non-hydrogen) atoms. The molecule has 9 nitrogen and oxygen atoms in total. The first-order chi connectivity index (χ1) is 14.0. The molecule has 1 aromatic carbocycles. The number of nitrogens with zero attached hydrogens (tertiary/aromatic N) is 6. The second-order valence-corrected chi connectivity index (χ2v) is 7.29. The Kier molecular flexibility index (Phi) is 5.11. The molecule has 1 unspecified atom stereocenters. The molecule has 150 valence electrons. The lowest BCUT2D eigenvalue weighted by molar-refractivity contribution is 0.177. The number of hydrogen-bond donors (Lipinski definition) is 1. The van der Waals surface area contributed by atoms with Gasteiger partial charge in [-0.1, -0.05) is 37.3 Å². The number of carbonyl (C=O) groups is 1. The van der Waals surface area contributed by atoms with E-state index in [2.05, 4.69) is 39.4 Å². The van der Waals surface area contributed by atoms with Crippen molar-refractivity contribution in [3.8, 4) is 5.69 Å². The molecule has 3 heterocycles. The summed E-state index contributed by atoms with van der Waals surface area (Å²) in [6.45, 7) is 6.43. The molecule has 1 amide bonds. The highest BCUT2D eigenvalue weighted by Gasteiger charge is 2.37. The van der Waals surface area contributed by atoms with E-state index in [0.29, 0.717) is 18.4 Å². The van der Waals surface area contributed by atoms with E-state index in [1.54, 1.807) is 21.8 Å². The second-order valence-electron chi connectivity index (χ2n) is 7.29. The van der Waals surface area contributed by atoms with Crippen molar-refractivity contribution in [1.29, 1.82) is 0 Å². The van der Waals surface area contributed by atoms with Gasteiger partial charge in [-0.05, 0) is 31.0 Å². The third-order valence-corrected chi connectivity index (χ3v) is 4.88. The monoisotopic (exact) mass is 393 g/mol. The molecule has 4 rings (SSSR count). The van der Waals surface area contributed by atoms with Gasteiger partial charge in [0, 0.05) is 6.20 Å². The summed E-state index contributed by atoms with van der Waals surface area (Å²) in [5.41, 5.74) is 1.69. The lowest BCUT2D eigenvalue weighted by Gasteiger charge is -2.23. The Bertz CT molecular complexity index is 989. The van der Waals surface area contributed by atoms with Crippen molar-refractivity contribution >= 4 is 17.9 Å². The van der Waals surface area contributed by atoms with E-state index in [9.17, 15) is 4.79 Å². The summed E-state index contributed by atoms with van der Waals surface area (Å²) in [7, 11) is 0. The summed E-state index contributed by atoms with van der Waals surface area (Å²) < 4.78 is 6.93. The normalized spacial score (nSPS) is 17.4. The molecular weight excluding hydrogens is 370 g/mol. The fourth-order valence-corrected chi connectivity index (χ4v) is 3.19. The van der Waals surface area contributed by atoms with Gasteiger partial charge >= 0.3 is 6.09 Å². The van der Waals surface area contributed by atoms with Crippen molar-refractivity contribution in [2.24, 2.45) is 5.92 Å². The van der Waals surface area contributed by atoms with E-state index in [0.717, 1.165) is 11.4 Å².